The molecule has 3 N–H and O–H groups in total. The monoisotopic (exact) mass is 341 g/mol. The van der Waals surface area contributed by atoms with Crippen molar-refractivity contribution in [3.05, 3.63) is 33.8 Å². The fourth-order valence-electron chi connectivity index (χ4n) is 1.89. The standard InChI is InChI=1S/C12H17Cl2NO4S/c1-2-3-7-10(15-20(17,18)19)12(16)11-8(13)5-4-6-9(11)14/h4-6,10,12,15-16H,2-3,7H2,1H3,(H,17,18,19)/t10-,12+/m1/s1. The van der Waals surface area contributed by atoms with Crippen molar-refractivity contribution in [2.75, 3.05) is 0 Å². The minimum Gasteiger partial charge on any atom is -0.387 e. The summed E-state index contributed by atoms with van der Waals surface area (Å²) in [7, 11) is -4.43. The molecule has 2 atom stereocenters. The number of benzene rings is 1. The van der Waals surface area contributed by atoms with E-state index in [1.807, 2.05) is 11.6 Å². The Kier molecular flexibility index (Phi) is 6.71. The van der Waals surface area contributed by atoms with Gasteiger partial charge in [0.2, 0.25) is 0 Å². The predicted molar refractivity (Wildman–Crippen MR) is 79.4 cm³/mol. The average Bonchev–Trinajstić information content (AvgIpc) is 2.32. The van der Waals surface area contributed by atoms with Crippen LogP contribution in [-0.4, -0.2) is 24.1 Å². The Morgan fingerprint density at radius 3 is 2.30 bits per heavy atom. The first-order valence-electron chi connectivity index (χ1n) is 6.13. The fraction of sp³-hybridized carbons (Fsp3) is 0.500. The lowest BCUT2D eigenvalue weighted by Crippen LogP contribution is -2.39. The largest absolute Gasteiger partial charge is 0.387 e. The van der Waals surface area contributed by atoms with E-state index < -0.39 is 22.4 Å². The van der Waals surface area contributed by atoms with Crippen molar-refractivity contribution in [3.8, 4) is 0 Å². The summed E-state index contributed by atoms with van der Waals surface area (Å²) in [6.07, 6.45) is 0.586. The van der Waals surface area contributed by atoms with Gasteiger partial charge in [-0.05, 0) is 18.6 Å². The van der Waals surface area contributed by atoms with Crippen LogP contribution in [0.1, 0.15) is 37.9 Å². The Bertz CT molecular complexity index is 530. The average molecular weight is 342 g/mol. The summed E-state index contributed by atoms with van der Waals surface area (Å²) in [4.78, 5) is 0. The van der Waals surface area contributed by atoms with Crippen LogP contribution < -0.4 is 4.72 Å². The highest BCUT2D eigenvalue weighted by atomic mass is 35.5. The lowest BCUT2D eigenvalue weighted by molar-refractivity contribution is 0.132. The molecule has 0 spiro atoms. The van der Waals surface area contributed by atoms with Gasteiger partial charge in [0.05, 0.1) is 12.1 Å². The Balaban J connectivity index is 3.06. The third-order valence-corrected chi connectivity index (χ3v) is 4.11. The first-order chi connectivity index (χ1) is 9.26. The number of aliphatic hydroxyl groups is 1. The van der Waals surface area contributed by atoms with Crippen LogP contribution in [0.4, 0.5) is 0 Å². The van der Waals surface area contributed by atoms with E-state index in [0.717, 1.165) is 6.42 Å². The Labute approximate surface area is 128 Å². The molecule has 1 aromatic carbocycles. The highest BCUT2D eigenvalue weighted by molar-refractivity contribution is 7.83. The molecule has 0 bridgehead atoms. The van der Waals surface area contributed by atoms with Crippen molar-refractivity contribution in [2.24, 2.45) is 0 Å². The van der Waals surface area contributed by atoms with Gasteiger partial charge in [0.15, 0.2) is 0 Å². The Morgan fingerprint density at radius 1 is 1.30 bits per heavy atom. The second-order valence-electron chi connectivity index (χ2n) is 4.42. The zero-order valence-electron chi connectivity index (χ0n) is 10.9. The van der Waals surface area contributed by atoms with Gasteiger partial charge >= 0.3 is 10.3 Å². The number of aliphatic hydroxyl groups excluding tert-OH is 1. The molecule has 0 saturated heterocycles. The minimum atomic E-state index is -4.43. The van der Waals surface area contributed by atoms with E-state index >= 15 is 0 Å². The van der Waals surface area contributed by atoms with Gasteiger partial charge in [0.25, 0.3) is 0 Å². The summed E-state index contributed by atoms with van der Waals surface area (Å²) < 4.78 is 32.9. The van der Waals surface area contributed by atoms with E-state index in [9.17, 15) is 13.5 Å². The van der Waals surface area contributed by atoms with Crippen LogP contribution >= 0.6 is 23.2 Å². The first kappa shape index (κ1) is 17.7. The topological polar surface area (TPSA) is 86.6 Å². The van der Waals surface area contributed by atoms with E-state index in [2.05, 4.69) is 0 Å². The highest BCUT2D eigenvalue weighted by Crippen LogP contribution is 2.33. The summed E-state index contributed by atoms with van der Waals surface area (Å²) in [5, 5.41) is 10.8. The lowest BCUT2D eigenvalue weighted by Gasteiger charge is -2.24. The van der Waals surface area contributed by atoms with Gasteiger partial charge < -0.3 is 5.11 Å². The minimum absolute atomic E-state index is 0.239. The van der Waals surface area contributed by atoms with Crippen molar-refractivity contribution in [2.45, 2.75) is 38.3 Å². The Morgan fingerprint density at radius 2 is 1.85 bits per heavy atom. The van der Waals surface area contributed by atoms with Crippen LogP contribution in [0.5, 0.6) is 0 Å². The van der Waals surface area contributed by atoms with Gasteiger partial charge in [0.1, 0.15) is 0 Å². The summed E-state index contributed by atoms with van der Waals surface area (Å²) in [5.41, 5.74) is 0.244. The van der Waals surface area contributed by atoms with Crippen LogP contribution in [-0.2, 0) is 10.3 Å². The summed E-state index contributed by atoms with van der Waals surface area (Å²) in [5.74, 6) is 0. The van der Waals surface area contributed by atoms with Gasteiger partial charge in [-0.2, -0.15) is 13.1 Å². The maximum atomic E-state index is 11.0. The smallest absolute Gasteiger partial charge is 0.333 e. The van der Waals surface area contributed by atoms with E-state index in [0.29, 0.717) is 12.8 Å². The molecule has 0 unspecified atom stereocenters. The number of hydrogen-bond acceptors (Lipinski definition) is 3. The summed E-state index contributed by atoms with van der Waals surface area (Å²) >= 11 is 12.0. The molecule has 0 heterocycles. The molecule has 0 saturated carbocycles. The van der Waals surface area contributed by atoms with Crippen LogP contribution in [0.3, 0.4) is 0 Å². The van der Waals surface area contributed by atoms with E-state index in [1.54, 1.807) is 18.2 Å². The molecule has 1 aromatic rings. The van der Waals surface area contributed by atoms with Crippen LogP contribution in [0.15, 0.2) is 18.2 Å². The summed E-state index contributed by atoms with van der Waals surface area (Å²) in [6.45, 7) is 1.93. The molecule has 0 aliphatic carbocycles. The molecule has 114 valence electrons. The third-order valence-electron chi connectivity index (χ3n) is 2.85. The molecule has 0 aliphatic heterocycles. The zero-order chi connectivity index (χ0) is 15.3. The molecule has 5 nitrogen and oxygen atoms in total. The maximum absolute atomic E-state index is 11.0. The van der Waals surface area contributed by atoms with Gasteiger partial charge in [-0.3, -0.25) is 4.55 Å². The molecule has 0 radical (unpaired) electrons. The lowest BCUT2D eigenvalue weighted by atomic mass is 9.98. The zero-order valence-corrected chi connectivity index (χ0v) is 13.2. The first-order valence-corrected chi connectivity index (χ1v) is 8.32. The second-order valence-corrected chi connectivity index (χ2v) is 6.42. The molecular formula is C12H17Cl2NO4S. The van der Waals surface area contributed by atoms with E-state index in [1.165, 1.54) is 0 Å². The van der Waals surface area contributed by atoms with Crippen LogP contribution in [0.25, 0.3) is 0 Å². The van der Waals surface area contributed by atoms with Gasteiger partial charge in [-0.15, -0.1) is 0 Å². The van der Waals surface area contributed by atoms with Crippen molar-refractivity contribution < 1.29 is 18.1 Å². The third kappa shape index (κ3) is 5.20. The van der Waals surface area contributed by atoms with Crippen molar-refractivity contribution in [1.82, 2.24) is 4.72 Å². The van der Waals surface area contributed by atoms with Crippen molar-refractivity contribution in [1.29, 1.82) is 0 Å². The van der Waals surface area contributed by atoms with Crippen molar-refractivity contribution >= 4 is 33.5 Å². The molecule has 0 aliphatic rings. The molecule has 1 rings (SSSR count). The Hall–Kier alpha value is -0.370. The maximum Gasteiger partial charge on any atom is 0.333 e. The molecule has 8 heteroatoms. The fourth-order valence-corrected chi connectivity index (χ4v) is 3.14. The van der Waals surface area contributed by atoms with Crippen LogP contribution in [0, 0.1) is 0 Å². The number of nitrogens with one attached hydrogen (secondary N) is 1. The molecular weight excluding hydrogens is 325 g/mol. The molecule has 20 heavy (non-hydrogen) atoms. The molecule has 0 aromatic heterocycles. The quantitative estimate of drug-likeness (QED) is 0.665. The number of unbranched alkanes of at least 4 members (excludes halogenated alkanes) is 1. The van der Waals surface area contributed by atoms with Crippen LogP contribution in [0.2, 0.25) is 10.0 Å². The van der Waals surface area contributed by atoms with E-state index in [-0.39, 0.29) is 15.6 Å². The molecule has 0 fully saturated rings. The molecule has 0 amide bonds. The van der Waals surface area contributed by atoms with Gasteiger partial charge in [-0.25, -0.2) is 0 Å². The number of rotatable bonds is 7. The number of halogens is 2. The van der Waals surface area contributed by atoms with Gasteiger partial charge in [-0.1, -0.05) is 49.0 Å². The number of hydrogen-bond donors (Lipinski definition) is 3. The predicted octanol–water partition coefficient (Wildman–Crippen LogP) is 2.98. The van der Waals surface area contributed by atoms with Gasteiger partial charge in [0, 0.05) is 15.6 Å². The SMILES string of the molecule is CCCC[C@@H](NS(=O)(=O)O)[C@H](O)c1c(Cl)cccc1Cl. The highest BCUT2D eigenvalue weighted by Gasteiger charge is 2.27. The normalized spacial score (nSPS) is 15.1. The van der Waals surface area contributed by atoms with E-state index in [4.69, 9.17) is 27.8 Å². The second kappa shape index (κ2) is 7.59. The summed E-state index contributed by atoms with van der Waals surface area (Å²) in [6, 6.07) is 3.83. The van der Waals surface area contributed by atoms with Crippen molar-refractivity contribution in [3.63, 3.8) is 0 Å².